The normalized spacial score (nSPS) is 12.8. The molecule has 21 heavy (non-hydrogen) atoms. The van der Waals surface area contributed by atoms with Crippen LogP contribution in [0, 0.1) is 6.92 Å². The Hall–Kier alpha value is -1.34. The second kappa shape index (κ2) is 6.62. The number of aromatic nitrogens is 3. The number of nitrogens with zero attached hydrogens (tertiary/aromatic N) is 3. The highest BCUT2D eigenvalue weighted by Crippen LogP contribution is 2.32. The molecule has 2 rings (SSSR count). The molecule has 2 aromatic heterocycles. The van der Waals surface area contributed by atoms with Crippen LogP contribution in [0.25, 0.3) is 0 Å². The highest BCUT2D eigenvalue weighted by Gasteiger charge is 2.21. The van der Waals surface area contributed by atoms with Gasteiger partial charge in [-0.15, -0.1) is 11.3 Å². The molecule has 0 aromatic carbocycles. The van der Waals surface area contributed by atoms with Gasteiger partial charge in [-0.3, -0.25) is 4.79 Å². The molecule has 1 N–H and O–H groups in total. The lowest BCUT2D eigenvalue weighted by Gasteiger charge is -2.19. The fraction of sp³-hybridized carbons (Fsp3) is 0.500. The molecule has 2 aromatic rings. The van der Waals surface area contributed by atoms with Crippen LogP contribution in [-0.2, 0) is 4.79 Å². The standard InChI is InChI=1S/C14H19N3O2S2/c1-8(2)11-6-16-14(20-7-12(18)19)17(11)10(4)13-15-5-9(3)21-13/h5-6,8,10H,7H2,1-4H3,(H,18,19). The fourth-order valence-electron chi connectivity index (χ4n) is 2.08. The number of thiazole rings is 1. The fourth-order valence-corrected chi connectivity index (χ4v) is 3.68. The summed E-state index contributed by atoms with van der Waals surface area (Å²) in [6, 6.07) is 0.0555. The maximum Gasteiger partial charge on any atom is 0.313 e. The van der Waals surface area contributed by atoms with Gasteiger partial charge in [-0.05, 0) is 19.8 Å². The van der Waals surface area contributed by atoms with E-state index in [1.165, 1.54) is 16.6 Å². The predicted octanol–water partition coefficient (Wildman–Crippen LogP) is 3.56. The Morgan fingerprint density at radius 1 is 1.38 bits per heavy atom. The molecule has 114 valence electrons. The molecule has 5 nitrogen and oxygen atoms in total. The van der Waals surface area contributed by atoms with Gasteiger partial charge in [0.25, 0.3) is 0 Å². The third kappa shape index (κ3) is 3.65. The maximum absolute atomic E-state index is 10.8. The highest BCUT2D eigenvalue weighted by atomic mass is 32.2. The summed E-state index contributed by atoms with van der Waals surface area (Å²) >= 11 is 2.91. The lowest BCUT2D eigenvalue weighted by molar-refractivity contribution is -0.133. The molecule has 0 radical (unpaired) electrons. The Balaban J connectivity index is 2.38. The molecule has 1 atom stereocenters. The molecule has 0 aliphatic rings. The maximum atomic E-state index is 10.8. The molecule has 0 aliphatic carbocycles. The van der Waals surface area contributed by atoms with E-state index in [0.717, 1.165) is 15.9 Å². The minimum atomic E-state index is -0.835. The van der Waals surface area contributed by atoms with Crippen molar-refractivity contribution in [2.45, 2.75) is 44.8 Å². The van der Waals surface area contributed by atoms with Crippen LogP contribution in [0.2, 0.25) is 0 Å². The highest BCUT2D eigenvalue weighted by molar-refractivity contribution is 7.99. The summed E-state index contributed by atoms with van der Waals surface area (Å²) in [7, 11) is 0. The molecule has 1 unspecified atom stereocenters. The van der Waals surface area contributed by atoms with Gasteiger partial charge >= 0.3 is 5.97 Å². The Labute approximate surface area is 132 Å². The quantitative estimate of drug-likeness (QED) is 0.823. The Morgan fingerprint density at radius 2 is 2.10 bits per heavy atom. The van der Waals surface area contributed by atoms with Crippen LogP contribution in [0.5, 0.6) is 0 Å². The van der Waals surface area contributed by atoms with Crippen LogP contribution in [0.4, 0.5) is 0 Å². The van der Waals surface area contributed by atoms with Gasteiger partial charge in [0.05, 0.1) is 11.8 Å². The van der Waals surface area contributed by atoms with Crippen LogP contribution in [0.15, 0.2) is 17.6 Å². The molecule has 0 saturated carbocycles. The average Bonchev–Trinajstić information content (AvgIpc) is 3.01. The van der Waals surface area contributed by atoms with Crippen LogP contribution in [0.3, 0.4) is 0 Å². The molecule has 0 fully saturated rings. The van der Waals surface area contributed by atoms with Crippen molar-refractivity contribution in [2.75, 3.05) is 5.75 Å². The van der Waals surface area contributed by atoms with Crippen LogP contribution in [0.1, 0.15) is 48.3 Å². The molecule has 0 saturated heterocycles. The summed E-state index contributed by atoms with van der Waals surface area (Å²) in [6.45, 7) is 8.33. The number of imidazole rings is 1. The number of hydrogen-bond acceptors (Lipinski definition) is 5. The molecular formula is C14H19N3O2S2. The van der Waals surface area contributed by atoms with Gasteiger partial charge in [-0.25, -0.2) is 9.97 Å². The average molecular weight is 325 g/mol. The van der Waals surface area contributed by atoms with Crippen LogP contribution >= 0.6 is 23.1 Å². The van der Waals surface area contributed by atoms with Crippen molar-refractivity contribution in [2.24, 2.45) is 0 Å². The van der Waals surface area contributed by atoms with E-state index in [-0.39, 0.29) is 11.8 Å². The van der Waals surface area contributed by atoms with Gasteiger partial charge < -0.3 is 9.67 Å². The number of thioether (sulfide) groups is 1. The lowest BCUT2D eigenvalue weighted by atomic mass is 10.1. The van der Waals surface area contributed by atoms with E-state index < -0.39 is 5.97 Å². The minimum absolute atomic E-state index is 0.0121. The summed E-state index contributed by atoms with van der Waals surface area (Å²) in [4.78, 5) is 20.8. The first-order chi connectivity index (χ1) is 9.90. The van der Waals surface area contributed by atoms with Crippen LogP contribution in [-0.4, -0.2) is 31.4 Å². The summed E-state index contributed by atoms with van der Waals surface area (Å²) in [5.41, 5.74) is 1.10. The minimum Gasteiger partial charge on any atom is -0.481 e. The zero-order valence-electron chi connectivity index (χ0n) is 12.5. The number of hydrogen-bond donors (Lipinski definition) is 1. The number of rotatable bonds is 6. The SMILES string of the molecule is Cc1cnc(C(C)n2c(C(C)C)cnc2SCC(=O)O)s1. The van der Waals surface area contributed by atoms with Gasteiger partial charge in [-0.1, -0.05) is 25.6 Å². The molecule has 0 bridgehead atoms. The van der Waals surface area contributed by atoms with E-state index in [2.05, 4.69) is 35.3 Å². The largest absolute Gasteiger partial charge is 0.481 e. The van der Waals surface area contributed by atoms with E-state index in [9.17, 15) is 4.79 Å². The van der Waals surface area contributed by atoms with Crippen molar-refractivity contribution < 1.29 is 9.90 Å². The van der Waals surface area contributed by atoms with Gasteiger partial charge in [0.15, 0.2) is 5.16 Å². The first-order valence-electron chi connectivity index (χ1n) is 6.74. The summed E-state index contributed by atoms with van der Waals surface area (Å²) in [5.74, 6) is -0.503. The molecule has 7 heteroatoms. The zero-order valence-corrected chi connectivity index (χ0v) is 14.2. The van der Waals surface area contributed by atoms with Gasteiger partial charge in [-0.2, -0.15) is 0 Å². The van der Waals surface area contributed by atoms with Gasteiger partial charge in [0, 0.05) is 23.0 Å². The van der Waals surface area contributed by atoms with Crippen molar-refractivity contribution in [1.82, 2.24) is 14.5 Å². The monoisotopic (exact) mass is 325 g/mol. The zero-order chi connectivity index (χ0) is 15.6. The number of carboxylic acid groups (broad SMARTS) is 1. The van der Waals surface area contributed by atoms with Crippen molar-refractivity contribution in [3.63, 3.8) is 0 Å². The molecule has 2 heterocycles. The Kier molecular flexibility index (Phi) is 5.05. The predicted molar refractivity (Wildman–Crippen MR) is 85.3 cm³/mol. The van der Waals surface area contributed by atoms with E-state index in [0.29, 0.717) is 5.92 Å². The van der Waals surface area contributed by atoms with E-state index in [1.54, 1.807) is 11.3 Å². The van der Waals surface area contributed by atoms with Crippen molar-refractivity contribution in [3.05, 3.63) is 28.0 Å². The topological polar surface area (TPSA) is 68.0 Å². The number of carboxylic acids is 1. The van der Waals surface area contributed by atoms with E-state index in [4.69, 9.17) is 5.11 Å². The smallest absolute Gasteiger partial charge is 0.313 e. The van der Waals surface area contributed by atoms with E-state index in [1.807, 2.05) is 19.3 Å². The number of aliphatic carboxylic acids is 1. The van der Waals surface area contributed by atoms with Crippen molar-refractivity contribution >= 4 is 29.1 Å². The van der Waals surface area contributed by atoms with Crippen molar-refractivity contribution in [3.8, 4) is 0 Å². The second-order valence-electron chi connectivity index (χ2n) is 5.16. The number of carbonyl (C=O) groups is 1. The summed E-state index contributed by atoms with van der Waals surface area (Å²) < 4.78 is 2.11. The molecular weight excluding hydrogens is 306 g/mol. The third-order valence-electron chi connectivity index (χ3n) is 3.09. The summed E-state index contributed by atoms with van der Waals surface area (Å²) in [5, 5.41) is 10.6. The van der Waals surface area contributed by atoms with Crippen LogP contribution < -0.4 is 0 Å². The third-order valence-corrected chi connectivity index (χ3v) is 5.13. The van der Waals surface area contributed by atoms with Gasteiger partial charge in [0.2, 0.25) is 0 Å². The molecule has 0 aliphatic heterocycles. The second-order valence-corrected chi connectivity index (χ2v) is 7.37. The van der Waals surface area contributed by atoms with E-state index >= 15 is 0 Å². The molecule has 0 amide bonds. The van der Waals surface area contributed by atoms with Crippen molar-refractivity contribution in [1.29, 1.82) is 0 Å². The lowest BCUT2D eigenvalue weighted by Crippen LogP contribution is -2.13. The first-order valence-corrected chi connectivity index (χ1v) is 8.54. The first kappa shape index (κ1) is 16.0. The summed E-state index contributed by atoms with van der Waals surface area (Å²) in [6.07, 6.45) is 3.71. The Morgan fingerprint density at radius 3 is 2.62 bits per heavy atom. The number of aryl methyl sites for hydroxylation is 1. The van der Waals surface area contributed by atoms with Gasteiger partial charge in [0.1, 0.15) is 5.01 Å². The Bertz CT molecular complexity index is 634. The molecule has 0 spiro atoms.